The average Bonchev–Trinajstić information content (AvgIpc) is 3.52. The molecule has 7 rings (SSSR count). The van der Waals surface area contributed by atoms with Gasteiger partial charge < -0.3 is 14.8 Å². The van der Waals surface area contributed by atoms with Crippen LogP contribution in [0.25, 0.3) is 11.1 Å². The predicted octanol–water partition coefficient (Wildman–Crippen LogP) is 11.2. The Bertz CT molecular complexity index is 1960. The number of nitrogens with one attached hydrogen (secondary N) is 1. The van der Waals surface area contributed by atoms with Crippen LogP contribution >= 0.6 is 11.6 Å². The minimum atomic E-state index is -1.39. The van der Waals surface area contributed by atoms with Crippen molar-refractivity contribution in [1.29, 1.82) is 0 Å². The SMILES string of the molecule is CC[C@H](C)[C@H](NC(=O)OCC1c2ccccc2-c2ccccc21)C(=O)OC(c1ccccc1)(c1ccc(C2CCCCC2)cc1)c1ccccc1Cl. The van der Waals surface area contributed by atoms with E-state index in [1.54, 1.807) is 0 Å². The van der Waals surface area contributed by atoms with Gasteiger partial charge >= 0.3 is 12.1 Å². The van der Waals surface area contributed by atoms with Gasteiger partial charge in [0, 0.05) is 27.6 Å². The summed E-state index contributed by atoms with van der Waals surface area (Å²) in [5.74, 6) is -0.396. The number of ether oxygens (including phenoxy) is 2. The first-order chi connectivity index (χ1) is 25.4. The lowest BCUT2D eigenvalue weighted by Crippen LogP contribution is -2.49. The molecule has 0 heterocycles. The van der Waals surface area contributed by atoms with Crippen molar-refractivity contribution in [3.63, 3.8) is 0 Å². The molecule has 52 heavy (non-hydrogen) atoms. The Kier molecular flexibility index (Phi) is 10.8. The van der Waals surface area contributed by atoms with Gasteiger partial charge in [-0.05, 0) is 58.6 Å². The number of fused-ring (bicyclic) bond motifs is 3. The van der Waals surface area contributed by atoms with Gasteiger partial charge in [-0.2, -0.15) is 0 Å². The van der Waals surface area contributed by atoms with Gasteiger partial charge in [-0.1, -0.05) is 172 Å². The molecule has 266 valence electrons. The number of benzene rings is 5. The molecule has 5 aromatic carbocycles. The van der Waals surface area contributed by atoms with Gasteiger partial charge in [0.1, 0.15) is 12.6 Å². The predicted molar refractivity (Wildman–Crippen MR) is 208 cm³/mol. The Morgan fingerprint density at radius 1 is 0.750 bits per heavy atom. The van der Waals surface area contributed by atoms with E-state index in [2.05, 4.69) is 53.8 Å². The first-order valence-corrected chi connectivity index (χ1v) is 19.0. The van der Waals surface area contributed by atoms with Crippen LogP contribution in [0.5, 0.6) is 0 Å². The maximum atomic E-state index is 14.7. The monoisotopic (exact) mass is 711 g/mol. The molecule has 1 saturated carbocycles. The maximum Gasteiger partial charge on any atom is 0.407 e. The van der Waals surface area contributed by atoms with Gasteiger partial charge in [-0.3, -0.25) is 0 Å². The zero-order chi connectivity index (χ0) is 36.1. The van der Waals surface area contributed by atoms with Crippen molar-refractivity contribution >= 4 is 23.7 Å². The topological polar surface area (TPSA) is 64.6 Å². The number of amides is 1. The second kappa shape index (κ2) is 15.8. The second-order valence-corrected chi connectivity index (χ2v) is 14.6. The van der Waals surface area contributed by atoms with Crippen LogP contribution in [0.1, 0.15) is 97.6 Å². The summed E-state index contributed by atoms with van der Waals surface area (Å²) in [6, 6.07) is 41.2. The summed E-state index contributed by atoms with van der Waals surface area (Å²) >= 11 is 6.99. The summed E-state index contributed by atoms with van der Waals surface area (Å²) in [5, 5.41) is 3.39. The molecule has 5 aromatic rings. The second-order valence-electron chi connectivity index (χ2n) is 14.2. The number of hydrogen-bond acceptors (Lipinski definition) is 4. The summed E-state index contributed by atoms with van der Waals surface area (Å²) in [4.78, 5) is 28.3. The Labute approximate surface area is 312 Å². The van der Waals surface area contributed by atoms with Crippen LogP contribution in [0.3, 0.4) is 0 Å². The van der Waals surface area contributed by atoms with Gasteiger partial charge in [-0.25, -0.2) is 9.59 Å². The van der Waals surface area contributed by atoms with Crippen molar-refractivity contribution in [1.82, 2.24) is 5.32 Å². The van der Waals surface area contributed by atoms with E-state index in [1.165, 1.54) is 37.7 Å². The lowest BCUT2D eigenvalue weighted by atomic mass is 9.78. The minimum absolute atomic E-state index is 0.102. The van der Waals surface area contributed by atoms with Gasteiger partial charge in [0.25, 0.3) is 0 Å². The van der Waals surface area contributed by atoms with Crippen molar-refractivity contribution in [3.8, 4) is 11.1 Å². The van der Waals surface area contributed by atoms with Crippen LogP contribution in [-0.4, -0.2) is 24.7 Å². The number of carbonyl (C=O) groups excluding carboxylic acids is 2. The third-order valence-electron chi connectivity index (χ3n) is 11.2. The molecule has 0 aliphatic heterocycles. The molecule has 2 aliphatic rings. The first-order valence-electron chi connectivity index (χ1n) is 18.7. The van der Waals surface area contributed by atoms with Crippen molar-refractivity contribution in [2.45, 2.75) is 75.9 Å². The third kappa shape index (κ3) is 6.99. The van der Waals surface area contributed by atoms with Gasteiger partial charge in [0.2, 0.25) is 0 Å². The largest absolute Gasteiger partial charge is 0.449 e. The Hall–Kier alpha value is -4.87. The number of carbonyl (C=O) groups is 2. The maximum absolute atomic E-state index is 14.7. The van der Waals surface area contributed by atoms with Crippen LogP contribution in [0.4, 0.5) is 4.79 Å². The molecular formula is C46H46ClNO4. The van der Waals surface area contributed by atoms with E-state index in [1.807, 2.05) is 92.7 Å². The van der Waals surface area contributed by atoms with Gasteiger partial charge in [0.15, 0.2) is 5.60 Å². The molecule has 0 radical (unpaired) electrons. The van der Waals surface area contributed by atoms with Crippen molar-refractivity contribution in [2.24, 2.45) is 5.92 Å². The fourth-order valence-electron chi connectivity index (χ4n) is 8.15. The highest BCUT2D eigenvalue weighted by molar-refractivity contribution is 6.31. The number of rotatable bonds is 11. The lowest BCUT2D eigenvalue weighted by Gasteiger charge is -2.38. The Morgan fingerprint density at radius 3 is 1.96 bits per heavy atom. The summed E-state index contributed by atoms with van der Waals surface area (Å²) in [6.45, 7) is 4.07. The molecule has 0 spiro atoms. The Balaban J connectivity index is 1.20. The lowest BCUT2D eigenvalue weighted by molar-refractivity contribution is -0.157. The molecular weight excluding hydrogens is 666 g/mol. The van der Waals surface area contributed by atoms with E-state index in [0.717, 1.165) is 33.4 Å². The van der Waals surface area contributed by atoms with E-state index >= 15 is 0 Å². The molecule has 6 heteroatoms. The summed E-state index contributed by atoms with van der Waals surface area (Å²) in [5.41, 5.74) is 6.63. The van der Waals surface area contributed by atoms with E-state index in [9.17, 15) is 9.59 Å². The third-order valence-corrected chi connectivity index (χ3v) is 11.5. The molecule has 1 unspecified atom stereocenters. The van der Waals surface area contributed by atoms with Crippen LogP contribution in [0, 0.1) is 5.92 Å². The smallest absolute Gasteiger partial charge is 0.407 e. The molecule has 1 amide bonds. The van der Waals surface area contributed by atoms with Crippen molar-refractivity contribution in [3.05, 3.63) is 166 Å². The van der Waals surface area contributed by atoms with Crippen LogP contribution < -0.4 is 5.32 Å². The number of esters is 1. The summed E-state index contributed by atoms with van der Waals surface area (Å²) in [7, 11) is 0. The van der Waals surface area contributed by atoms with Crippen molar-refractivity contribution < 1.29 is 19.1 Å². The fourth-order valence-corrected chi connectivity index (χ4v) is 8.42. The van der Waals surface area contributed by atoms with E-state index in [-0.39, 0.29) is 18.4 Å². The molecule has 3 atom stereocenters. The summed E-state index contributed by atoms with van der Waals surface area (Å²) < 4.78 is 12.7. The van der Waals surface area contributed by atoms with Gasteiger partial charge in [0.05, 0.1) is 0 Å². The minimum Gasteiger partial charge on any atom is -0.449 e. The standard InChI is InChI=1S/C46H46ClNO4/c1-3-31(2)43(48-45(50)51-30-40-38-22-12-10-20-36(38)37-21-11-13-23-39(37)40)44(49)52-46(34-18-8-5-9-19-34,41-24-14-15-25-42(41)47)35-28-26-33(27-29-35)32-16-6-4-7-17-32/h5,8-15,18-29,31-32,40,43H,3-4,6-7,16-17,30H2,1-2H3,(H,48,50)/t31-,43-,46?/m0/s1. The quantitative estimate of drug-likeness (QED) is 0.109. The highest BCUT2D eigenvalue weighted by Crippen LogP contribution is 2.46. The number of alkyl carbamates (subject to hydrolysis) is 1. The van der Waals surface area contributed by atoms with E-state index in [0.29, 0.717) is 22.9 Å². The van der Waals surface area contributed by atoms with Crippen LogP contribution in [0.2, 0.25) is 5.02 Å². The average molecular weight is 712 g/mol. The fraction of sp³-hybridized carbons (Fsp3) is 0.304. The normalized spacial score (nSPS) is 16.5. The molecule has 2 aliphatic carbocycles. The molecule has 1 N–H and O–H groups in total. The molecule has 1 fully saturated rings. The molecule has 0 saturated heterocycles. The molecule has 0 aromatic heterocycles. The van der Waals surface area contributed by atoms with E-state index in [4.69, 9.17) is 21.1 Å². The zero-order valence-electron chi connectivity index (χ0n) is 29.9. The zero-order valence-corrected chi connectivity index (χ0v) is 30.7. The van der Waals surface area contributed by atoms with E-state index < -0.39 is 23.7 Å². The van der Waals surface area contributed by atoms with Crippen molar-refractivity contribution in [2.75, 3.05) is 6.61 Å². The van der Waals surface area contributed by atoms with Gasteiger partial charge in [-0.15, -0.1) is 0 Å². The highest BCUT2D eigenvalue weighted by Gasteiger charge is 2.44. The number of halogens is 1. The summed E-state index contributed by atoms with van der Waals surface area (Å²) in [6.07, 6.45) is 6.10. The Morgan fingerprint density at radius 2 is 1.33 bits per heavy atom. The molecule has 0 bridgehead atoms. The number of hydrogen-bond donors (Lipinski definition) is 1. The first kappa shape index (κ1) is 35.5. The van der Waals surface area contributed by atoms with Crippen LogP contribution in [-0.2, 0) is 19.9 Å². The van der Waals surface area contributed by atoms with Crippen LogP contribution in [0.15, 0.2) is 127 Å². The molecule has 5 nitrogen and oxygen atoms in total. The highest BCUT2D eigenvalue weighted by atomic mass is 35.5.